The van der Waals surface area contributed by atoms with Crippen LogP contribution < -0.4 is 0 Å². The maximum atomic E-state index is 10.3. The second-order valence-corrected chi connectivity index (χ2v) is 5.86. The zero-order chi connectivity index (χ0) is 12.6. The van der Waals surface area contributed by atoms with Gasteiger partial charge in [-0.25, -0.2) is 0 Å². The van der Waals surface area contributed by atoms with E-state index in [1.54, 1.807) is 0 Å². The monoisotopic (exact) mass is 264 g/mol. The summed E-state index contributed by atoms with van der Waals surface area (Å²) in [7, 11) is 3.01. The number of hydrogen-bond acceptors (Lipinski definition) is 4. The van der Waals surface area contributed by atoms with E-state index in [1.165, 1.54) is 21.6 Å². The van der Waals surface area contributed by atoms with Gasteiger partial charge in [0.1, 0.15) is 0 Å². The summed E-state index contributed by atoms with van der Waals surface area (Å²) in [6.07, 6.45) is 0.847. The van der Waals surface area contributed by atoms with Gasteiger partial charge in [0.25, 0.3) is 5.97 Å². The van der Waals surface area contributed by atoms with Crippen LogP contribution in [0.1, 0.15) is 12.8 Å². The smallest absolute Gasteiger partial charge is 0.285 e. The number of aliphatic carboxylic acids is 1. The van der Waals surface area contributed by atoms with Gasteiger partial charge in [-0.3, -0.25) is 4.79 Å². The minimum Gasteiger partial charge on any atom is -0.668 e. The van der Waals surface area contributed by atoms with Crippen molar-refractivity contribution in [3.63, 3.8) is 0 Å². The zero-order valence-electron chi connectivity index (χ0n) is 8.81. The normalized spacial score (nSPS) is 14.4. The van der Waals surface area contributed by atoms with Crippen molar-refractivity contribution >= 4 is 27.6 Å². The van der Waals surface area contributed by atoms with Gasteiger partial charge in [0, 0.05) is 11.5 Å². The number of carboxylic acids is 1. The summed E-state index contributed by atoms with van der Waals surface area (Å²) >= 11 is 0. The third-order valence-electron chi connectivity index (χ3n) is 1.76. The Bertz CT molecular complexity index is 215. The molecule has 0 saturated heterocycles. The highest BCUT2D eigenvalue weighted by molar-refractivity contribution is 8.76. The molecule has 0 radical (unpaired) electrons. The van der Waals surface area contributed by atoms with E-state index < -0.39 is 18.1 Å². The van der Waals surface area contributed by atoms with Crippen LogP contribution in [0.5, 0.6) is 0 Å². The number of aliphatic hydroxyl groups excluding tert-OH is 1. The van der Waals surface area contributed by atoms with E-state index in [0.717, 1.165) is 0 Å². The standard InChI is InChI=1S/C9H16N2O3S2/c1-6(12)7(10)2-4-15-16-5-3-8(11)9(13)14/h7-8,10-12H,1-5H2,(H,13,14)/q-2. The summed E-state index contributed by atoms with van der Waals surface area (Å²) in [5, 5.41) is 17.3. The number of carbonyl (C=O) groups is 1. The molecule has 0 aliphatic heterocycles. The summed E-state index contributed by atoms with van der Waals surface area (Å²) in [6.45, 7) is 3.27. The molecule has 0 aliphatic carbocycles. The molecule has 0 aromatic carbocycles. The fraction of sp³-hybridized carbons (Fsp3) is 0.667. The quantitative estimate of drug-likeness (QED) is 0.378. The Morgan fingerprint density at radius 2 is 1.56 bits per heavy atom. The second-order valence-electron chi connectivity index (χ2n) is 3.16. The van der Waals surface area contributed by atoms with Gasteiger partial charge in [-0.15, -0.1) is 0 Å². The van der Waals surface area contributed by atoms with E-state index >= 15 is 0 Å². The SMILES string of the molecule is C=C(O)C([NH-])CCSSCCC([NH-])C(=O)O. The van der Waals surface area contributed by atoms with Crippen molar-refractivity contribution in [1.82, 2.24) is 0 Å². The zero-order valence-corrected chi connectivity index (χ0v) is 10.4. The highest BCUT2D eigenvalue weighted by Crippen LogP contribution is 2.25. The van der Waals surface area contributed by atoms with Crippen molar-refractivity contribution in [2.45, 2.75) is 24.9 Å². The predicted molar refractivity (Wildman–Crippen MR) is 69.8 cm³/mol. The van der Waals surface area contributed by atoms with E-state index in [9.17, 15) is 4.79 Å². The van der Waals surface area contributed by atoms with Crippen molar-refractivity contribution in [2.75, 3.05) is 11.5 Å². The molecule has 0 aliphatic rings. The average Bonchev–Trinajstić information content (AvgIpc) is 2.21. The minimum atomic E-state index is -1.09. The number of hydrogen-bond donors (Lipinski definition) is 2. The largest absolute Gasteiger partial charge is 0.668 e. The van der Waals surface area contributed by atoms with Crippen LogP contribution in [0.2, 0.25) is 0 Å². The van der Waals surface area contributed by atoms with Gasteiger partial charge in [0.15, 0.2) is 0 Å². The molecule has 0 saturated carbocycles. The first-order chi connectivity index (χ1) is 7.45. The predicted octanol–water partition coefficient (Wildman–Crippen LogP) is 3.15. The Morgan fingerprint density at radius 1 is 1.12 bits per heavy atom. The lowest BCUT2D eigenvalue weighted by molar-refractivity contribution is -0.137. The molecule has 7 heteroatoms. The minimum absolute atomic E-state index is 0.123. The van der Waals surface area contributed by atoms with Gasteiger partial charge in [-0.05, 0) is 12.5 Å². The Balaban J connectivity index is 3.34. The highest BCUT2D eigenvalue weighted by Gasteiger charge is 2.03. The summed E-state index contributed by atoms with van der Waals surface area (Å²) in [5.74, 6) is 0.0956. The molecular weight excluding hydrogens is 248 g/mol. The highest BCUT2D eigenvalue weighted by atomic mass is 33.1. The summed E-state index contributed by atoms with van der Waals surface area (Å²) in [5.41, 5.74) is 14.5. The molecule has 4 N–H and O–H groups in total. The van der Waals surface area contributed by atoms with Crippen LogP contribution in [-0.2, 0) is 4.79 Å². The van der Waals surface area contributed by atoms with Crippen LogP contribution in [0.15, 0.2) is 12.3 Å². The van der Waals surface area contributed by atoms with Crippen LogP contribution in [0, 0.1) is 0 Å². The Kier molecular flexibility index (Phi) is 8.54. The van der Waals surface area contributed by atoms with Gasteiger partial charge < -0.3 is 21.7 Å². The summed E-state index contributed by atoms with van der Waals surface area (Å²) < 4.78 is 0. The molecule has 0 spiro atoms. The summed E-state index contributed by atoms with van der Waals surface area (Å²) in [4.78, 5) is 10.3. The lowest BCUT2D eigenvalue weighted by Crippen LogP contribution is -2.15. The van der Waals surface area contributed by atoms with Crippen LogP contribution in [0.3, 0.4) is 0 Å². The number of rotatable bonds is 9. The van der Waals surface area contributed by atoms with E-state index in [0.29, 0.717) is 24.3 Å². The number of carboxylic acid groups (broad SMARTS) is 1. The molecule has 0 fully saturated rings. The Hall–Kier alpha value is -0.370. The van der Waals surface area contributed by atoms with Crippen LogP contribution in [0.25, 0.3) is 11.5 Å². The fourth-order valence-electron chi connectivity index (χ4n) is 0.740. The lowest BCUT2D eigenvalue weighted by atomic mass is 10.2. The molecule has 0 aromatic rings. The van der Waals surface area contributed by atoms with Crippen molar-refractivity contribution in [3.05, 3.63) is 23.8 Å². The molecule has 0 rings (SSSR count). The van der Waals surface area contributed by atoms with Crippen LogP contribution in [0.4, 0.5) is 0 Å². The van der Waals surface area contributed by atoms with Crippen molar-refractivity contribution in [3.8, 4) is 0 Å². The lowest BCUT2D eigenvalue weighted by Gasteiger charge is -2.17. The topological polar surface area (TPSA) is 105 Å². The van der Waals surface area contributed by atoms with E-state index in [2.05, 4.69) is 6.58 Å². The van der Waals surface area contributed by atoms with Gasteiger partial charge in [0.2, 0.25) is 0 Å². The first-order valence-corrected chi connectivity index (χ1v) is 7.21. The molecule has 5 nitrogen and oxygen atoms in total. The molecule has 16 heavy (non-hydrogen) atoms. The van der Waals surface area contributed by atoms with E-state index in [4.69, 9.17) is 21.7 Å². The number of nitrogens with one attached hydrogen (secondary N) is 2. The molecule has 2 unspecified atom stereocenters. The Labute approximate surface area is 103 Å². The molecule has 2 atom stereocenters. The Morgan fingerprint density at radius 3 is 1.94 bits per heavy atom. The molecule has 94 valence electrons. The second kappa shape index (κ2) is 8.74. The van der Waals surface area contributed by atoms with Gasteiger partial charge >= 0.3 is 0 Å². The van der Waals surface area contributed by atoms with Gasteiger partial charge in [0.05, 0.1) is 5.76 Å². The van der Waals surface area contributed by atoms with Crippen LogP contribution >= 0.6 is 21.6 Å². The third kappa shape index (κ3) is 7.86. The molecule has 0 amide bonds. The molecular formula is C9H16N2O3S2-2. The van der Waals surface area contributed by atoms with Crippen molar-refractivity contribution in [1.29, 1.82) is 0 Å². The molecule has 0 bridgehead atoms. The maximum absolute atomic E-state index is 10.3. The average molecular weight is 264 g/mol. The first-order valence-electron chi connectivity index (χ1n) is 4.72. The third-order valence-corrected chi connectivity index (χ3v) is 4.23. The molecule has 0 aromatic heterocycles. The van der Waals surface area contributed by atoms with Crippen molar-refractivity contribution in [2.24, 2.45) is 0 Å². The first kappa shape index (κ1) is 15.6. The van der Waals surface area contributed by atoms with Crippen LogP contribution in [-0.4, -0.2) is 39.8 Å². The summed E-state index contributed by atoms with van der Waals surface area (Å²) in [6, 6.07) is -1.69. The maximum Gasteiger partial charge on any atom is 0.285 e. The van der Waals surface area contributed by atoms with Gasteiger partial charge in [-0.2, -0.15) is 0 Å². The molecule has 0 heterocycles. The van der Waals surface area contributed by atoms with Gasteiger partial charge in [-0.1, -0.05) is 40.6 Å². The number of aliphatic hydroxyl groups is 1. The van der Waals surface area contributed by atoms with Crippen molar-refractivity contribution < 1.29 is 15.0 Å². The van der Waals surface area contributed by atoms with E-state index in [-0.39, 0.29) is 5.76 Å². The fourth-order valence-corrected chi connectivity index (χ4v) is 2.92. The van der Waals surface area contributed by atoms with E-state index in [1.807, 2.05) is 0 Å².